The molecule has 18 heavy (non-hydrogen) atoms. The van der Waals surface area contributed by atoms with Crippen LogP contribution >= 0.6 is 0 Å². The number of aliphatic hydroxyl groups is 1. The van der Waals surface area contributed by atoms with Crippen molar-refractivity contribution in [3.63, 3.8) is 0 Å². The molecule has 0 amide bonds. The Morgan fingerprint density at radius 3 is 2.72 bits per heavy atom. The average molecular weight is 252 g/mol. The summed E-state index contributed by atoms with van der Waals surface area (Å²) in [4.78, 5) is 4.30. The molecule has 4 heteroatoms. The lowest BCUT2D eigenvalue weighted by molar-refractivity contribution is 0.281. The molecule has 0 aliphatic carbocycles. The number of aliphatic hydroxyl groups excluding tert-OH is 1. The first kappa shape index (κ1) is 13.3. The van der Waals surface area contributed by atoms with E-state index < -0.39 is 0 Å². The largest absolute Gasteiger partial charge is 0.392 e. The van der Waals surface area contributed by atoms with Crippen LogP contribution in [0.25, 0.3) is 0 Å². The van der Waals surface area contributed by atoms with Crippen molar-refractivity contribution in [2.75, 3.05) is 38.1 Å². The predicted molar refractivity (Wildman–Crippen MR) is 71.3 cm³/mol. The van der Waals surface area contributed by atoms with Gasteiger partial charge in [0.05, 0.1) is 12.3 Å². The molecule has 0 saturated carbocycles. The SMILES string of the molecule is CN(CCN1CCCC1)c1c(F)cccc1CO. The van der Waals surface area contributed by atoms with Gasteiger partial charge in [0.1, 0.15) is 5.82 Å². The summed E-state index contributed by atoms with van der Waals surface area (Å²) < 4.78 is 13.8. The summed E-state index contributed by atoms with van der Waals surface area (Å²) >= 11 is 0. The van der Waals surface area contributed by atoms with Crippen LogP contribution in [-0.2, 0) is 6.61 Å². The Bertz CT molecular complexity index is 391. The third-order valence-electron chi connectivity index (χ3n) is 3.57. The first-order valence-corrected chi connectivity index (χ1v) is 6.54. The molecule has 1 aromatic carbocycles. The zero-order valence-electron chi connectivity index (χ0n) is 10.9. The lowest BCUT2D eigenvalue weighted by Crippen LogP contribution is -2.32. The normalized spacial score (nSPS) is 16.2. The second-order valence-corrected chi connectivity index (χ2v) is 4.88. The van der Waals surface area contributed by atoms with E-state index in [1.165, 1.54) is 18.9 Å². The summed E-state index contributed by atoms with van der Waals surface area (Å²) in [5.41, 5.74) is 1.18. The molecule has 0 aromatic heterocycles. The highest BCUT2D eigenvalue weighted by Gasteiger charge is 2.15. The van der Waals surface area contributed by atoms with Crippen LogP contribution < -0.4 is 4.90 Å². The standard InChI is InChI=1S/C14H21FN2O/c1-16(9-10-17-7-2-3-8-17)14-12(11-18)5-4-6-13(14)15/h4-6,18H,2-3,7-11H2,1H3. The lowest BCUT2D eigenvalue weighted by Gasteiger charge is -2.25. The van der Waals surface area contributed by atoms with Gasteiger partial charge in [0.15, 0.2) is 0 Å². The van der Waals surface area contributed by atoms with Crippen molar-refractivity contribution in [3.05, 3.63) is 29.6 Å². The smallest absolute Gasteiger partial charge is 0.146 e. The molecule has 1 aliphatic rings. The van der Waals surface area contributed by atoms with Crippen molar-refractivity contribution >= 4 is 5.69 Å². The number of hydrogen-bond donors (Lipinski definition) is 1. The second-order valence-electron chi connectivity index (χ2n) is 4.88. The first-order valence-electron chi connectivity index (χ1n) is 6.54. The minimum atomic E-state index is -0.259. The molecule has 2 rings (SSSR count). The molecule has 1 aliphatic heterocycles. The Labute approximate surface area is 108 Å². The van der Waals surface area contributed by atoms with Gasteiger partial charge in [-0.2, -0.15) is 0 Å². The van der Waals surface area contributed by atoms with E-state index in [4.69, 9.17) is 0 Å². The molecule has 0 radical (unpaired) electrons. The van der Waals surface area contributed by atoms with Crippen LogP contribution in [0.3, 0.4) is 0 Å². The number of rotatable bonds is 5. The zero-order chi connectivity index (χ0) is 13.0. The van der Waals surface area contributed by atoms with Crippen molar-refractivity contribution in [3.8, 4) is 0 Å². The van der Waals surface area contributed by atoms with E-state index in [9.17, 15) is 9.50 Å². The highest BCUT2D eigenvalue weighted by Crippen LogP contribution is 2.23. The molecular weight excluding hydrogens is 231 g/mol. The maximum absolute atomic E-state index is 13.8. The van der Waals surface area contributed by atoms with Gasteiger partial charge in [0.25, 0.3) is 0 Å². The summed E-state index contributed by atoms with van der Waals surface area (Å²) in [6.45, 7) is 3.92. The number of para-hydroxylation sites is 1. The van der Waals surface area contributed by atoms with Crippen molar-refractivity contribution in [2.24, 2.45) is 0 Å². The summed E-state index contributed by atoms with van der Waals surface area (Å²) in [7, 11) is 1.88. The van der Waals surface area contributed by atoms with Crippen LogP contribution in [0.15, 0.2) is 18.2 Å². The highest BCUT2D eigenvalue weighted by atomic mass is 19.1. The third-order valence-corrected chi connectivity index (χ3v) is 3.57. The van der Waals surface area contributed by atoms with Crippen molar-refractivity contribution in [2.45, 2.75) is 19.4 Å². The fraction of sp³-hybridized carbons (Fsp3) is 0.571. The van der Waals surface area contributed by atoms with Gasteiger partial charge in [-0.3, -0.25) is 0 Å². The maximum atomic E-state index is 13.8. The Morgan fingerprint density at radius 2 is 2.06 bits per heavy atom. The first-order chi connectivity index (χ1) is 8.72. The van der Waals surface area contributed by atoms with E-state index in [-0.39, 0.29) is 12.4 Å². The monoisotopic (exact) mass is 252 g/mol. The van der Waals surface area contributed by atoms with Gasteiger partial charge in [-0.15, -0.1) is 0 Å². The molecule has 0 unspecified atom stereocenters. The molecule has 1 fully saturated rings. The molecule has 0 atom stereocenters. The average Bonchev–Trinajstić information content (AvgIpc) is 2.88. The van der Waals surface area contributed by atoms with Crippen molar-refractivity contribution in [1.82, 2.24) is 4.90 Å². The maximum Gasteiger partial charge on any atom is 0.146 e. The Balaban J connectivity index is 2.01. The number of halogens is 1. The fourth-order valence-corrected chi connectivity index (χ4v) is 2.52. The third kappa shape index (κ3) is 3.00. The van der Waals surface area contributed by atoms with Crippen LogP contribution in [-0.4, -0.2) is 43.2 Å². The van der Waals surface area contributed by atoms with Crippen LogP contribution in [0.4, 0.5) is 10.1 Å². The highest BCUT2D eigenvalue weighted by molar-refractivity contribution is 5.54. The van der Waals surface area contributed by atoms with Crippen LogP contribution in [0, 0.1) is 5.82 Å². The molecule has 1 aromatic rings. The van der Waals surface area contributed by atoms with Gasteiger partial charge in [0, 0.05) is 25.7 Å². The predicted octanol–water partition coefficient (Wildman–Crippen LogP) is 1.85. The molecule has 0 bridgehead atoms. The van der Waals surface area contributed by atoms with E-state index in [0.29, 0.717) is 11.3 Å². The molecular formula is C14H21FN2O. The zero-order valence-corrected chi connectivity index (χ0v) is 10.9. The van der Waals surface area contributed by atoms with Crippen molar-refractivity contribution < 1.29 is 9.50 Å². The topological polar surface area (TPSA) is 26.7 Å². The molecule has 1 N–H and O–H groups in total. The summed E-state index contributed by atoms with van der Waals surface area (Å²) in [5.74, 6) is -0.259. The van der Waals surface area contributed by atoms with E-state index in [2.05, 4.69) is 4.90 Å². The van der Waals surface area contributed by atoms with E-state index in [1.807, 2.05) is 11.9 Å². The molecule has 1 heterocycles. The van der Waals surface area contributed by atoms with Crippen LogP contribution in [0.2, 0.25) is 0 Å². The number of nitrogens with zero attached hydrogens (tertiary/aromatic N) is 2. The van der Waals surface area contributed by atoms with E-state index in [0.717, 1.165) is 26.2 Å². The van der Waals surface area contributed by atoms with Crippen molar-refractivity contribution in [1.29, 1.82) is 0 Å². The fourth-order valence-electron chi connectivity index (χ4n) is 2.52. The van der Waals surface area contributed by atoms with Gasteiger partial charge >= 0.3 is 0 Å². The van der Waals surface area contributed by atoms with Gasteiger partial charge in [0.2, 0.25) is 0 Å². The van der Waals surface area contributed by atoms with Gasteiger partial charge in [-0.25, -0.2) is 4.39 Å². The lowest BCUT2D eigenvalue weighted by atomic mass is 10.1. The molecule has 1 saturated heterocycles. The van der Waals surface area contributed by atoms with E-state index in [1.54, 1.807) is 12.1 Å². The summed E-state index contributed by atoms with van der Waals surface area (Å²) in [6, 6.07) is 4.85. The number of benzene rings is 1. The number of anilines is 1. The Kier molecular flexibility index (Phi) is 4.55. The van der Waals surface area contributed by atoms with Crippen LogP contribution in [0.1, 0.15) is 18.4 Å². The summed E-state index contributed by atoms with van der Waals surface area (Å²) in [6.07, 6.45) is 2.54. The minimum absolute atomic E-state index is 0.124. The summed E-state index contributed by atoms with van der Waals surface area (Å²) in [5, 5.41) is 9.27. The Hall–Kier alpha value is -1.13. The van der Waals surface area contributed by atoms with Gasteiger partial charge in [-0.1, -0.05) is 12.1 Å². The molecule has 0 spiro atoms. The van der Waals surface area contributed by atoms with Crippen LogP contribution in [0.5, 0.6) is 0 Å². The quantitative estimate of drug-likeness (QED) is 0.866. The molecule has 100 valence electrons. The van der Waals surface area contributed by atoms with Gasteiger partial charge in [-0.05, 0) is 32.0 Å². The number of likely N-dealkylation sites (N-methyl/N-ethyl adjacent to an activating group) is 1. The number of likely N-dealkylation sites (tertiary alicyclic amines) is 1. The van der Waals surface area contributed by atoms with Gasteiger partial charge < -0.3 is 14.9 Å². The van der Waals surface area contributed by atoms with E-state index >= 15 is 0 Å². The number of hydrogen-bond acceptors (Lipinski definition) is 3. The minimum Gasteiger partial charge on any atom is -0.392 e. The molecule has 3 nitrogen and oxygen atoms in total. The Morgan fingerprint density at radius 1 is 1.33 bits per heavy atom. The second kappa shape index (κ2) is 6.16.